The number of carbonyl (C=O) groups excluding carboxylic acids is 1. The first-order chi connectivity index (χ1) is 13.3. The number of carbonyl (C=O) groups is 1. The maximum Gasteiger partial charge on any atom is 0.317 e. The maximum absolute atomic E-state index is 12.5. The number of hydrogen-bond donors (Lipinski definition) is 1. The minimum absolute atomic E-state index is 0.00406. The van der Waals surface area contributed by atoms with Gasteiger partial charge in [-0.2, -0.15) is 0 Å². The van der Waals surface area contributed by atoms with E-state index in [4.69, 9.17) is 9.47 Å². The highest BCUT2D eigenvalue weighted by molar-refractivity contribution is 5.74. The Morgan fingerprint density at radius 3 is 2.48 bits per heavy atom. The summed E-state index contributed by atoms with van der Waals surface area (Å²) in [6.45, 7) is 2.54. The highest BCUT2D eigenvalue weighted by atomic mass is 16.6. The fraction of sp³-hybridized carbons (Fsp3) is 0.409. The van der Waals surface area contributed by atoms with Crippen LogP contribution in [-0.2, 0) is 6.42 Å². The van der Waals surface area contributed by atoms with Gasteiger partial charge in [0.25, 0.3) is 0 Å². The number of nitrogens with zero attached hydrogens (tertiary/aromatic N) is 1. The lowest BCUT2D eigenvalue weighted by molar-refractivity contribution is 0.0891. The largest absolute Gasteiger partial charge is 0.486 e. The van der Waals surface area contributed by atoms with Crippen LogP contribution in [0.1, 0.15) is 18.4 Å². The summed E-state index contributed by atoms with van der Waals surface area (Å²) in [6.07, 6.45) is 3.06. The molecule has 0 saturated carbocycles. The summed E-state index contributed by atoms with van der Waals surface area (Å²) in [5, 5.41) is 3.00. The number of hydrogen-bond acceptors (Lipinski definition) is 3. The van der Waals surface area contributed by atoms with Crippen LogP contribution in [0.15, 0.2) is 54.6 Å². The van der Waals surface area contributed by atoms with Crippen LogP contribution in [0.25, 0.3) is 0 Å². The topological polar surface area (TPSA) is 50.8 Å². The summed E-state index contributed by atoms with van der Waals surface area (Å²) in [5.74, 6) is 2.16. The molecule has 1 atom stereocenters. The monoisotopic (exact) mass is 366 g/mol. The van der Waals surface area contributed by atoms with Crippen molar-refractivity contribution in [2.45, 2.75) is 25.4 Å². The van der Waals surface area contributed by atoms with E-state index in [1.165, 1.54) is 5.56 Å². The van der Waals surface area contributed by atoms with Crippen molar-refractivity contribution in [3.8, 4) is 11.5 Å². The summed E-state index contributed by atoms with van der Waals surface area (Å²) < 4.78 is 11.6. The van der Waals surface area contributed by atoms with Crippen molar-refractivity contribution in [2.24, 2.45) is 5.92 Å². The van der Waals surface area contributed by atoms with E-state index in [2.05, 4.69) is 35.6 Å². The summed E-state index contributed by atoms with van der Waals surface area (Å²) >= 11 is 0. The van der Waals surface area contributed by atoms with Gasteiger partial charge in [-0.05, 0) is 42.9 Å². The molecule has 2 aromatic carbocycles. The molecule has 1 saturated heterocycles. The third-order valence-corrected chi connectivity index (χ3v) is 5.32. The number of piperidine rings is 1. The van der Waals surface area contributed by atoms with Gasteiger partial charge in [-0.25, -0.2) is 4.79 Å². The second kappa shape index (κ2) is 8.33. The van der Waals surface area contributed by atoms with Gasteiger partial charge in [-0.15, -0.1) is 0 Å². The maximum atomic E-state index is 12.5. The van der Waals surface area contributed by atoms with E-state index in [-0.39, 0.29) is 12.1 Å². The quantitative estimate of drug-likeness (QED) is 0.901. The lowest BCUT2D eigenvalue weighted by Crippen LogP contribution is -2.48. The van der Waals surface area contributed by atoms with E-state index in [1.54, 1.807) is 0 Å². The van der Waals surface area contributed by atoms with Crippen LogP contribution in [-0.4, -0.2) is 43.3 Å². The summed E-state index contributed by atoms with van der Waals surface area (Å²) in [4.78, 5) is 14.4. The van der Waals surface area contributed by atoms with E-state index in [0.29, 0.717) is 19.1 Å². The summed E-state index contributed by atoms with van der Waals surface area (Å²) in [7, 11) is 0. The Morgan fingerprint density at radius 2 is 1.70 bits per heavy atom. The van der Waals surface area contributed by atoms with Crippen LogP contribution in [0.4, 0.5) is 4.79 Å². The molecule has 4 rings (SSSR count). The van der Waals surface area contributed by atoms with Gasteiger partial charge in [0.05, 0.1) is 6.54 Å². The number of ether oxygens (including phenoxy) is 2. The number of likely N-dealkylation sites (tertiary alicyclic amines) is 1. The zero-order valence-electron chi connectivity index (χ0n) is 15.5. The molecule has 0 unspecified atom stereocenters. The molecule has 2 heterocycles. The molecule has 2 aliphatic rings. The Bertz CT molecular complexity index is 757. The van der Waals surface area contributed by atoms with Crippen LogP contribution < -0.4 is 14.8 Å². The van der Waals surface area contributed by atoms with Crippen molar-refractivity contribution >= 4 is 6.03 Å². The van der Waals surface area contributed by atoms with Crippen LogP contribution in [0.3, 0.4) is 0 Å². The van der Waals surface area contributed by atoms with E-state index in [1.807, 2.05) is 29.2 Å². The first kappa shape index (κ1) is 17.7. The first-order valence-corrected chi connectivity index (χ1v) is 9.73. The molecule has 2 aromatic rings. The van der Waals surface area contributed by atoms with Crippen molar-refractivity contribution in [1.82, 2.24) is 10.2 Å². The standard InChI is InChI=1S/C22H26N2O3/c25-22(23-15-19-16-26-20-8-4-5-9-21(20)27-19)24-12-10-18(11-13-24)14-17-6-2-1-3-7-17/h1-9,18-19H,10-16H2,(H,23,25)/t19-/m1/s1. The first-order valence-electron chi connectivity index (χ1n) is 9.73. The van der Waals surface area contributed by atoms with Crippen LogP contribution in [0.5, 0.6) is 11.5 Å². The molecule has 1 N–H and O–H groups in total. The van der Waals surface area contributed by atoms with E-state index in [0.717, 1.165) is 43.9 Å². The Labute approximate surface area is 160 Å². The van der Waals surface area contributed by atoms with Crippen LogP contribution in [0.2, 0.25) is 0 Å². The fourth-order valence-electron chi connectivity index (χ4n) is 3.76. The highest BCUT2D eigenvalue weighted by Crippen LogP contribution is 2.30. The Hall–Kier alpha value is -2.69. The normalized spacial score (nSPS) is 19.6. The Kier molecular flexibility index (Phi) is 5.47. The predicted octanol–water partition coefficient (Wildman–Crippen LogP) is 3.49. The molecule has 0 spiro atoms. The average Bonchev–Trinajstić information content (AvgIpc) is 2.73. The summed E-state index contributed by atoms with van der Waals surface area (Å²) in [6, 6.07) is 18.2. The highest BCUT2D eigenvalue weighted by Gasteiger charge is 2.25. The van der Waals surface area contributed by atoms with Crippen molar-refractivity contribution < 1.29 is 14.3 Å². The molecule has 0 aliphatic carbocycles. The molecule has 1 fully saturated rings. The Morgan fingerprint density at radius 1 is 1.00 bits per heavy atom. The van der Waals surface area contributed by atoms with Crippen molar-refractivity contribution in [3.63, 3.8) is 0 Å². The lowest BCUT2D eigenvalue weighted by atomic mass is 9.90. The van der Waals surface area contributed by atoms with Gasteiger partial charge in [0, 0.05) is 13.1 Å². The minimum atomic E-state index is -0.153. The molecule has 5 nitrogen and oxygen atoms in total. The molecular weight excluding hydrogens is 340 g/mol. The number of rotatable bonds is 4. The third kappa shape index (κ3) is 4.54. The number of amides is 2. The predicted molar refractivity (Wildman–Crippen MR) is 104 cm³/mol. The third-order valence-electron chi connectivity index (χ3n) is 5.32. The van der Waals surface area contributed by atoms with E-state index >= 15 is 0 Å². The lowest BCUT2D eigenvalue weighted by Gasteiger charge is -2.33. The van der Waals surface area contributed by atoms with E-state index < -0.39 is 0 Å². The number of benzene rings is 2. The molecule has 0 radical (unpaired) electrons. The molecule has 0 aromatic heterocycles. The number of nitrogens with one attached hydrogen (secondary N) is 1. The van der Waals surface area contributed by atoms with Gasteiger partial charge >= 0.3 is 6.03 Å². The van der Waals surface area contributed by atoms with Crippen LogP contribution in [0, 0.1) is 5.92 Å². The summed E-state index contributed by atoms with van der Waals surface area (Å²) in [5.41, 5.74) is 1.38. The zero-order chi connectivity index (χ0) is 18.5. The van der Waals surface area contributed by atoms with Gasteiger partial charge in [0.15, 0.2) is 17.6 Å². The van der Waals surface area contributed by atoms with Crippen molar-refractivity contribution in [1.29, 1.82) is 0 Å². The number of urea groups is 1. The molecule has 0 bridgehead atoms. The van der Waals surface area contributed by atoms with Crippen LogP contribution >= 0.6 is 0 Å². The molecule has 5 heteroatoms. The molecular formula is C22H26N2O3. The van der Waals surface area contributed by atoms with Crippen molar-refractivity contribution in [3.05, 3.63) is 60.2 Å². The Balaban J connectivity index is 1.20. The molecule has 2 amide bonds. The SMILES string of the molecule is O=C(NC[C@@H]1COc2ccccc2O1)N1CCC(Cc2ccccc2)CC1. The van der Waals surface area contributed by atoms with Gasteiger partial charge in [0.2, 0.25) is 0 Å². The van der Waals surface area contributed by atoms with Gasteiger partial charge in [0.1, 0.15) is 6.61 Å². The minimum Gasteiger partial charge on any atom is -0.486 e. The van der Waals surface area contributed by atoms with Gasteiger partial charge in [-0.1, -0.05) is 42.5 Å². The second-order valence-corrected chi connectivity index (χ2v) is 7.30. The fourth-order valence-corrected chi connectivity index (χ4v) is 3.76. The molecule has 142 valence electrons. The molecule has 27 heavy (non-hydrogen) atoms. The van der Waals surface area contributed by atoms with Crippen molar-refractivity contribution in [2.75, 3.05) is 26.2 Å². The number of fused-ring (bicyclic) bond motifs is 1. The average molecular weight is 366 g/mol. The number of para-hydroxylation sites is 2. The molecule has 2 aliphatic heterocycles. The van der Waals surface area contributed by atoms with E-state index in [9.17, 15) is 4.79 Å². The van der Waals surface area contributed by atoms with Gasteiger partial charge < -0.3 is 19.7 Å². The van der Waals surface area contributed by atoms with Gasteiger partial charge in [-0.3, -0.25) is 0 Å². The second-order valence-electron chi connectivity index (χ2n) is 7.30. The zero-order valence-corrected chi connectivity index (χ0v) is 15.5. The smallest absolute Gasteiger partial charge is 0.317 e.